The summed E-state index contributed by atoms with van der Waals surface area (Å²) in [6.45, 7) is 4.69. The van der Waals surface area contributed by atoms with Crippen LogP contribution < -0.4 is 4.90 Å². The molecule has 1 aliphatic rings. The van der Waals surface area contributed by atoms with Crippen molar-refractivity contribution in [2.45, 2.75) is 19.3 Å². The Morgan fingerprint density at radius 2 is 1.08 bits per heavy atom. The molecule has 11 rings (SSSR count). The Labute approximate surface area is 301 Å². The van der Waals surface area contributed by atoms with E-state index in [1.54, 1.807) is 0 Å². The zero-order valence-corrected chi connectivity index (χ0v) is 28.9. The SMILES string of the molecule is CC1(C)c2ccccc2-c2ccc(N(c3ccccc3-c3ccc4oc5cc6ccccc6cc5c4c3)c3cccc4oc5ccccc5c34)cc21. The third-order valence-corrected chi connectivity index (χ3v) is 11.2. The number of rotatable bonds is 4. The summed E-state index contributed by atoms with van der Waals surface area (Å²) in [5, 5.41) is 6.82. The van der Waals surface area contributed by atoms with Crippen molar-refractivity contribution in [3.8, 4) is 22.3 Å². The van der Waals surface area contributed by atoms with Crippen molar-refractivity contribution in [3.63, 3.8) is 0 Å². The standard InChI is InChI=1S/C49H33NO2/c1-49(2)40-17-8-5-15-35(40)36-24-23-33(29-41(36)49)50(43-19-11-21-46-48(43)37-16-7-10-20-44(37)51-46)42-18-9-6-14-34(42)32-22-25-45-38(27-32)39-26-30-12-3-4-13-31(30)28-47(39)52-45/h3-29H,1-2H3. The second kappa shape index (κ2) is 10.7. The average Bonchev–Trinajstić information content (AvgIpc) is 3.81. The summed E-state index contributed by atoms with van der Waals surface area (Å²) in [5.74, 6) is 0. The molecule has 8 aromatic carbocycles. The minimum Gasteiger partial charge on any atom is -0.456 e. The smallest absolute Gasteiger partial charge is 0.137 e. The number of hydrogen-bond donors (Lipinski definition) is 0. The second-order valence-corrected chi connectivity index (χ2v) is 14.5. The molecular formula is C49H33NO2. The molecule has 3 nitrogen and oxygen atoms in total. The molecule has 0 aliphatic heterocycles. The van der Waals surface area contributed by atoms with Crippen LogP contribution in [0.1, 0.15) is 25.0 Å². The number of nitrogens with zero attached hydrogens (tertiary/aromatic N) is 1. The van der Waals surface area contributed by atoms with Crippen LogP contribution >= 0.6 is 0 Å². The summed E-state index contributed by atoms with van der Waals surface area (Å²) in [7, 11) is 0. The maximum absolute atomic E-state index is 6.45. The molecule has 0 radical (unpaired) electrons. The fraction of sp³-hybridized carbons (Fsp3) is 0.0612. The van der Waals surface area contributed by atoms with Crippen LogP contribution in [0.25, 0.3) is 76.9 Å². The largest absolute Gasteiger partial charge is 0.456 e. The molecule has 0 spiro atoms. The van der Waals surface area contributed by atoms with Gasteiger partial charge in [0.2, 0.25) is 0 Å². The molecule has 1 aliphatic carbocycles. The molecule has 10 aromatic rings. The zero-order valence-electron chi connectivity index (χ0n) is 28.9. The van der Waals surface area contributed by atoms with Gasteiger partial charge in [-0.05, 0) is 99.3 Å². The van der Waals surface area contributed by atoms with E-state index in [1.807, 2.05) is 6.07 Å². The van der Waals surface area contributed by atoms with Crippen LogP contribution in [0, 0.1) is 0 Å². The Kier molecular flexibility index (Phi) is 6.01. The van der Waals surface area contributed by atoms with Crippen molar-refractivity contribution >= 4 is 71.7 Å². The minimum atomic E-state index is -0.140. The highest BCUT2D eigenvalue weighted by molar-refractivity contribution is 6.15. The van der Waals surface area contributed by atoms with Gasteiger partial charge in [-0.25, -0.2) is 0 Å². The van der Waals surface area contributed by atoms with E-state index in [-0.39, 0.29) is 5.41 Å². The number of anilines is 3. The number of hydrogen-bond acceptors (Lipinski definition) is 3. The number of benzene rings is 8. The van der Waals surface area contributed by atoms with E-state index in [9.17, 15) is 0 Å². The van der Waals surface area contributed by atoms with Gasteiger partial charge in [-0.3, -0.25) is 0 Å². The Morgan fingerprint density at radius 1 is 0.423 bits per heavy atom. The van der Waals surface area contributed by atoms with Gasteiger partial charge >= 0.3 is 0 Å². The lowest BCUT2D eigenvalue weighted by Crippen LogP contribution is -2.17. The Balaban J connectivity index is 1.17. The molecule has 0 saturated heterocycles. The third-order valence-electron chi connectivity index (χ3n) is 11.2. The molecule has 0 N–H and O–H groups in total. The van der Waals surface area contributed by atoms with Gasteiger partial charge in [-0.1, -0.05) is 117 Å². The first-order chi connectivity index (χ1) is 25.5. The summed E-state index contributed by atoms with van der Waals surface area (Å²) in [5.41, 5.74) is 14.2. The van der Waals surface area contributed by atoms with Crippen molar-refractivity contribution in [1.82, 2.24) is 0 Å². The van der Waals surface area contributed by atoms with Crippen LogP contribution in [0.4, 0.5) is 17.1 Å². The fourth-order valence-corrected chi connectivity index (χ4v) is 8.72. The lowest BCUT2D eigenvalue weighted by atomic mass is 9.82. The Bertz CT molecular complexity index is 3070. The van der Waals surface area contributed by atoms with E-state index < -0.39 is 0 Å². The first-order valence-corrected chi connectivity index (χ1v) is 17.9. The van der Waals surface area contributed by atoms with Crippen LogP contribution in [0.2, 0.25) is 0 Å². The quantitative estimate of drug-likeness (QED) is 0.187. The van der Waals surface area contributed by atoms with E-state index in [0.29, 0.717) is 0 Å². The molecule has 3 heteroatoms. The van der Waals surface area contributed by atoms with Crippen molar-refractivity contribution in [1.29, 1.82) is 0 Å². The van der Waals surface area contributed by atoms with Crippen LogP contribution in [0.3, 0.4) is 0 Å². The molecule has 0 unspecified atom stereocenters. The summed E-state index contributed by atoms with van der Waals surface area (Å²) >= 11 is 0. The highest BCUT2D eigenvalue weighted by Gasteiger charge is 2.36. The molecule has 0 atom stereocenters. The van der Waals surface area contributed by atoms with Crippen LogP contribution in [0.5, 0.6) is 0 Å². The average molecular weight is 668 g/mol. The molecule has 2 heterocycles. The van der Waals surface area contributed by atoms with Gasteiger partial charge in [-0.2, -0.15) is 0 Å². The van der Waals surface area contributed by atoms with Gasteiger partial charge in [0.15, 0.2) is 0 Å². The lowest BCUT2D eigenvalue weighted by Gasteiger charge is -2.30. The Morgan fingerprint density at radius 3 is 1.98 bits per heavy atom. The maximum atomic E-state index is 6.45. The summed E-state index contributed by atoms with van der Waals surface area (Å²) < 4.78 is 12.9. The summed E-state index contributed by atoms with van der Waals surface area (Å²) in [6.07, 6.45) is 0. The normalized spacial score (nSPS) is 13.3. The lowest BCUT2D eigenvalue weighted by molar-refractivity contribution is 0.660. The highest BCUT2D eigenvalue weighted by atomic mass is 16.3. The molecule has 0 saturated carbocycles. The molecular weight excluding hydrogens is 635 g/mol. The van der Waals surface area contributed by atoms with Gasteiger partial charge in [0.1, 0.15) is 22.3 Å². The van der Waals surface area contributed by atoms with Crippen molar-refractivity contribution < 1.29 is 8.83 Å². The highest BCUT2D eigenvalue weighted by Crippen LogP contribution is 2.52. The first kappa shape index (κ1) is 29.2. The molecule has 246 valence electrons. The van der Waals surface area contributed by atoms with Crippen LogP contribution in [-0.2, 0) is 5.41 Å². The predicted molar refractivity (Wildman–Crippen MR) is 216 cm³/mol. The number of furan rings is 2. The number of fused-ring (bicyclic) bond motifs is 10. The molecule has 2 aromatic heterocycles. The van der Waals surface area contributed by atoms with E-state index in [0.717, 1.165) is 72.1 Å². The first-order valence-electron chi connectivity index (χ1n) is 17.9. The molecule has 0 amide bonds. The third kappa shape index (κ3) is 4.14. The van der Waals surface area contributed by atoms with Gasteiger partial charge < -0.3 is 13.7 Å². The van der Waals surface area contributed by atoms with Gasteiger partial charge in [0, 0.05) is 32.8 Å². The van der Waals surface area contributed by atoms with E-state index >= 15 is 0 Å². The van der Waals surface area contributed by atoms with Crippen LogP contribution in [0.15, 0.2) is 173 Å². The van der Waals surface area contributed by atoms with Gasteiger partial charge in [0.25, 0.3) is 0 Å². The maximum Gasteiger partial charge on any atom is 0.137 e. The van der Waals surface area contributed by atoms with Gasteiger partial charge in [-0.15, -0.1) is 0 Å². The Hall–Kier alpha value is -6.58. The van der Waals surface area contributed by atoms with Crippen molar-refractivity contribution in [2.24, 2.45) is 0 Å². The zero-order chi connectivity index (χ0) is 34.6. The van der Waals surface area contributed by atoms with E-state index in [4.69, 9.17) is 8.83 Å². The predicted octanol–water partition coefficient (Wildman–Crippen LogP) is 14.1. The molecule has 0 bridgehead atoms. The summed E-state index contributed by atoms with van der Waals surface area (Å²) in [6, 6.07) is 58.9. The fourth-order valence-electron chi connectivity index (χ4n) is 8.72. The monoisotopic (exact) mass is 667 g/mol. The second-order valence-electron chi connectivity index (χ2n) is 14.5. The molecule has 52 heavy (non-hydrogen) atoms. The summed E-state index contributed by atoms with van der Waals surface area (Å²) in [4.78, 5) is 2.43. The molecule has 0 fully saturated rings. The minimum absolute atomic E-state index is 0.140. The topological polar surface area (TPSA) is 29.5 Å². The van der Waals surface area contributed by atoms with Gasteiger partial charge in [0.05, 0.1) is 16.8 Å². The van der Waals surface area contributed by atoms with Crippen molar-refractivity contribution in [3.05, 3.63) is 175 Å². The van der Waals surface area contributed by atoms with E-state index in [2.05, 4.69) is 176 Å². The van der Waals surface area contributed by atoms with E-state index in [1.165, 1.54) is 33.0 Å². The van der Waals surface area contributed by atoms with Crippen LogP contribution in [-0.4, -0.2) is 0 Å². The number of para-hydroxylation sites is 2. The van der Waals surface area contributed by atoms with Crippen molar-refractivity contribution in [2.75, 3.05) is 4.90 Å².